The zero-order chi connectivity index (χ0) is 23.2. The molecule has 0 saturated heterocycles. The summed E-state index contributed by atoms with van der Waals surface area (Å²) in [4.78, 5) is 29.8. The summed E-state index contributed by atoms with van der Waals surface area (Å²) < 4.78 is 19.2. The van der Waals surface area contributed by atoms with E-state index >= 15 is 0 Å². The summed E-state index contributed by atoms with van der Waals surface area (Å²) in [5, 5.41) is 8.40. The van der Waals surface area contributed by atoms with Crippen molar-refractivity contribution in [3.63, 3.8) is 0 Å². The minimum atomic E-state index is -0.457. The van der Waals surface area contributed by atoms with Gasteiger partial charge in [0.2, 0.25) is 0 Å². The molecule has 2 unspecified atom stereocenters. The lowest BCUT2D eigenvalue weighted by atomic mass is 9.90. The topological polar surface area (TPSA) is 80.3 Å². The first kappa shape index (κ1) is 22.9. The number of amides is 2. The molecule has 0 bridgehead atoms. The molecule has 1 aliphatic rings. The molecule has 6 nitrogen and oxygen atoms in total. The first-order valence-corrected chi connectivity index (χ1v) is 11.9. The predicted octanol–water partition coefficient (Wildman–Crippen LogP) is 4.64. The van der Waals surface area contributed by atoms with Gasteiger partial charge in [0.05, 0.1) is 0 Å². The summed E-state index contributed by atoms with van der Waals surface area (Å²) in [6, 6.07) is 12.9. The highest BCUT2D eigenvalue weighted by Gasteiger charge is 2.29. The number of thiazole rings is 1. The Morgan fingerprint density at radius 3 is 2.45 bits per heavy atom. The van der Waals surface area contributed by atoms with Crippen LogP contribution in [-0.2, 0) is 6.61 Å². The maximum Gasteiger partial charge on any atom is 0.271 e. The molecule has 2 amide bonds. The molecule has 1 fully saturated rings. The van der Waals surface area contributed by atoms with Gasteiger partial charge >= 0.3 is 0 Å². The number of ether oxygens (including phenoxy) is 1. The zero-order valence-corrected chi connectivity index (χ0v) is 19.2. The minimum absolute atomic E-state index is 0.210. The number of halogens is 1. The Kier molecular flexibility index (Phi) is 7.34. The summed E-state index contributed by atoms with van der Waals surface area (Å²) >= 11 is 1.37. The highest BCUT2D eigenvalue weighted by Crippen LogP contribution is 2.21. The number of nitrogens with zero attached hydrogens (tertiary/aromatic N) is 1. The third-order valence-corrected chi connectivity index (χ3v) is 6.48. The number of aromatic nitrogens is 1. The van der Waals surface area contributed by atoms with Gasteiger partial charge < -0.3 is 15.4 Å². The molecule has 8 heteroatoms. The third-order valence-electron chi connectivity index (χ3n) is 5.65. The maximum absolute atomic E-state index is 13.5. The van der Waals surface area contributed by atoms with E-state index in [2.05, 4.69) is 15.6 Å². The largest absolute Gasteiger partial charge is 0.486 e. The summed E-state index contributed by atoms with van der Waals surface area (Å²) in [7, 11) is 0. The molecule has 33 heavy (non-hydrogen) atoms. The Hall–Kier alpha value is -3.26. The molecular weight excluding hydrogens is 441 g/mol. The van der Waals surface area contributed by atoms with Gasteiger partial charge in [-0.25, -0.2) is 9.37 Å². The lowest BCUT2D eigenvalue weighted by Crippen LogP contribution is -2.53. The van der Waals surface area contributed by atoms with Crippen LogP contribution in [-0.4, -0.2) is 28.9 Å². The molecule has 1 saturated carbocycles. The number of aryl methyl sites for hydroxylation is 1. The van der Waals surface area contributed by atoms with Crippen LogP contribution in [0.1, 0.15) is 57.1 Å². The predicted molar refractivity (Wildman–Crippen MR) is 125 cm³/mol. The molecule has 172 valence electrons. The fourth-order valence-corrected chi connectivity index (χ4v) is 4.55. The Morgan fingerprint density at radius 1 is 1.06 bits per heavy atom. The Bertz CT molecular complexity index is 1120. The van der Waals surface area contributed by atoms with E-state index in [0.29, 0.717) is 10.7 Å². The summed E-state index contributed by atoms with van der Waals surface area (Å²) in [6.45, 7) is 2.30. The van der Waals surface area contributed by atoms with Gasteiger partial charge in [-0.2, -0.15) is 0 Å². The molecule has 2 aromatic carbocycles. The van der Waals surface area contributed by atoms with Crippen LogP contribution in [0.15, 0.2) is 53.9 Å². The van der Waals surface area contributed by atoms with E-state index in [9.17, 15) is 14.0 Å². The van der Waals surface area contributed by atoms with Crippen molar-refractivity contribution in [3.8, 4) is 5.75 Å². The van der Waals surface area contributed by atoms with Crippen LogP contribution in [0.2, 0.25) is 0 Å². The average Bonchev–Trinajstić information content (AvgIpc) is 3.29. The number of carbonyl (C=O) groups excluding carboxylic acids is 2. The van der Waals surface area contributed by atoms with Crippen LogP contribution in [0, 0.1) is 12.7 Å². The van der Waals surface area contributed by atoms with Gasteiger partial charge in [-0.1, -0.05) is 36.6 Å². The zero-order valence-electron chi connectivity index (χ0n) is 18.3. The van der Waals surface area contributed by atoms with Crippen molar-refractivity contribution in [2.45, 2.75) is 51.3 Å². The van der Waals surface area contributed by atoms with Crippen molar-refractivity contribution in [3.05, 3.63) is 81.6 Å². The van der Waals surface area contributed by atoms with Gasteiger partial charge in [-0.15, -0.1) is 11.3 Å². The monoisotopic (exact) mass is 467 g/mol. The number of hydrogen-bond donors (Lipinski definition) is 2. The minimum Gasteiger partial charge on any atom is -0.486 e. The first-order chi connectivity index (χ1) is 16.0. The fourth-order valence-electron chi connectivity index (χ4n) is 3.86. The van der Waals surface area contributed by atoms with Crippen LogP contribution in [0.25, 0.3) is 0 Å². The van der Waals surface area contributed by atoms with Crippen molar-refractivity contribution < 1.29 is 18.7 Å². The molecule has 0 radical (unpaired) electrons. The number of rotatable bonds is 7. The van der Waals surface area contributed by atoms with Crippen LogP contribution >= 0.6 is 11.3 Å². The molecule has 1 heterocycles. The lowest BCUT2D eigenvalue weighted by molar-refractivity contribution is 0.0860. The van der Waals surface area contributed by atoms with E-state index in [1.807, 2.05) is 31.2 Å². The van der Waals surface area contributed by atoms with Crippen LogP contribution in [0.4, 0.5) is 4.39 Å². The molecule has 2 atom stereocenters. The Labute approximate surface area is 196 Å². The van der Waals surface area contributed by atoms with Gasteiger partial charge in [0.15, 0.2) is 0 Å². The number of hydrogen-bond acceptors (Lipinski definition) is 5. The molecule has 1 aromatic heterocycles. The highest BCUT2D eigenvalue weighted by atomic mass is 32.1. The number of nitrogens with one attached hydrogen (secondary N) is 2. The lowest BCUT2D eigenvalue weighted by Gasteiger charge is -2.32. The molecule has 0 spiro atoms. The van der Waals surface area contributed by atoms with E-state index in [1.165, 1.54) is 29.5 Å². The molecule has 2 N–H and O–H groups in total. The number of carbonyl (C=O) groups is 2. The SMILES string of the molecule is Cc1ccc(OCc2nc(C(=O)NC3CCCCC3NC(=O)c3cccc(F)c3)cs2)cc1. The second-order valence-corrected chi connectivity index (χ2v) is 9.13. The highest BCUT2D eigenvalue weighted by molar-refractivity contribution is 7.09. The van der Waals surface area contributed by atoms with Crippen molar-refractivity contribution in [2.75, 3.05) is 0 Å². The average molecular weight is 468 g/mol. The van der Waals surface area contributed by atoms with Crippen molar-refractivity contribution in [1.82, 2.24) is 15.6 Å². The molecular formula is C25H26FN3O3S. The van der Waals surface area contributed by atoms with Crippen LogP contribution < -0.4 is 15.4 Å². The summed E-state index contributed by atoms with van der Waals surface area (Å²) in [6.07, 6.45) is 3.42. The van der Waals surface area contributed by atoms with Crippen LogP contribution in [0.3, 0.4) is 0 Å². The van der Waals surface area contributed by atoms with Crippen molar-refractivity contribution in [2.24, 2.45) is 0 Å². The second kappa shape index (κ2) is 10.6. The standard InChI is InChI=1S/C25H26FN3O3S/c1-16-9-11-19(12-10-16)32-14-23-27-22(15-33-23)25(31)29-21-8-3-2-7-20(21)28-24(30)17-5-4-6-18(26)13-17/h4-6,9-13,15,20-21H,2-3,7-8,14H2,1H3,(H,28,30)(H,29,31). The molecule has 1 aliphatic carbocycles. The summed E-state index contributed by atoms with van der Waals surface area (Å²) in [5.74, 6) is -0.322. The molecule has 3 aromatic rings. The van der Waals surface area contributed by atoms with Crippen molar-refractivity contribution in [1.29, 1.82) is 0 Å². The van der Waals surface area contributed by atoms with E-state index in [1.54, 1.807) is 11.4 Å². The first-order valence-electron chi connectivity index (χ1n) is 11.0. The number of benzene rings is 2. The van der Waals surface area contributed by atoms with Gasteiger partial charge in [0.1, 0.15) is 28.9 Å². The third kappa shape index (κ3) is 6.16. The van der Waals surface area contributed by atoms with Gasteiger partial charge in [-0.3, -0.25) is 9.59 Å². The van der Waals surface area contributed by atoms with Gasteiger partial charge in [0, 0.05) is 23.0 Å². The molecule has 0 aliphatic heterocycles. The van der Waals surface area contributed by atoms with E-state index in [0.717, 1.165) is 37.0 Å². The van der Waals surface area contributed by atoms with E-state index < -0.39 is 5.82 Å². The normalized spacial score (nSPS) is 17.9. The molecule has 4 rings (SSSR count). The van der Waals surface area contributed by atoms with Crippen molar-refractivity contribution >= 4 is 23.2 Å². The maximum atomic E-state index is 13.5. The van der Waals surface area contributed by atoms with Crippen LogP contribution in [0.5, 0.6) is 5.75 Å². The smallest absolute Gasteiger partial charge is 0.271 e. The quantitative estimate of drug-likeness (QED) is 0.531. The Balaban J connectivity index is 1.34. The fraction of sp³-hybridized carbons (Fsp3) is 0.320. The second-order valence-electron chi connectivity index (χ2n) is 8.18. The Morgan fingerprint density at radius 2 is 1.76 bits per heavy atom. The van der Waals surface area contributed by atoms with E-state index in [4.69, 9.17) is 4.74 Å². The van der Waals surface area contributed by atoms with E-state index in [-0.39, 0.29) is 36.1 Å². The van der Waals surface area contributed by atoms with Gasteiger partial charge in [0.25, 0.3) is 11.8 Å². The van der Waals surface area contributed by atoms with Gasteiger partial charge in [-0.05, 0) is 50.1 Å². The summed E-state index contributed by atoms with van der Waals surface area (Å²) in [5.41, 5.74) is 1.76.